The van der Waals surface area contributed by atoms with E-state index in [2.05, 4.69) is 148 Å². The number of ether oxygens (including phenoxy) is 2. The maximum Gasteiger partial charge on any atom is 0.472 e. The van der Waals surface area contributed by atoms with Gasteiger partial charge in [0.1, 0.15) is 19.8 Å². The number of carbonyl (C=O) groups is 2. The molecule has 1 N–H and O–H groups in total. The number of likely N-dealkylation sites (N-methyl/N-ethyl adjacent to an activating group) is 1. The highest BCUT2D eigenvalue weighted by molar-refractivity contribution is 7.47. The predicted octanol–water partition coefficient (Wildman–Crippen LogP) is 18.9. The molecule has 432 valence electrons. The molecule has 0 bridgehead atoms. The summed E-state index contributed by atoms with van der Waals surface area (Å²) in [6, 6.07) is 0. The number of esters is 2. The number of nitrogens with zero attached hydrogens (tertiary/aromatic N) is 1. The Morgan fingerprint density at radius 2 is 0.750 bits per heavy atom. The van der Waals surface area contributed by atoms with Crippen LogP contribution in [0.25, 0.3) is 0 Å². The van der Waals surface area contributed by atoms with E-state index >= 15 is 0 Å². The van der Waals surface area contributed by atoms with Crippen molar-refractivity contribution < 1.29 is 42.1 Å². The van der Waals surface area contributed by atoms with Gasteiger partial charge in [-0.1, -0.05) is 225 Å². The maximum atomic E-state index is 12.8. The van der Waals surface area contributed by atoms with Crippen molar-refractivity contribution in [3.05, 3.63) is 134 Å². The van der Waals surface area contributed by atoms with Gasteiger partial charge in [-0.15, -0.1) is 0 Å². The number of rotatable bonds is 53. The van der Waals surface area contributed by atoms with Crippen LogP contribution in [0.4, 0.5) is 0 Å². The minimum atomic E-state index is -4.40. The molecule has 0 aromatic carbocycles. The summed E-state index contributed by atoms with van der Waals surface area (Å²) in [5.41, 5.74) is 0. The minimum absolute atomic E-state index is 0.0184. The van der Waals surface area contributed by atoms with Crippen LogP contribution in [-0.2, 0) is 32.7 Å². The van der Waals surface area contributed by atoms with Crippen LogP contribution in [0.5, 0.6) is 0 Å². The Kier molecular flexibility index (Phi) is 53.1. The van der Waals surface area contributed by atoms with Gasteiger partial charge in [-0.25, -0.2) is 4.57 Å². The summed E-state index contributed by atoms with van der Waals surface area (Å²) >= 11 is 0. The second-order valence-electron chi connectivity index (χ2n) is 20.6. The number of hydrogen-bond acceptors (Lipinski definition) is 7. The van der Waals surface area contributed by atoms with Crippen molar-refractivity contribution in [1.82, 2.24) is 0 Å². The third kappa shape index (κ3) is 59.4. The van der Waals surface area contributed by atoms with Gasteiger partial charge in [-0.2, -0.15) is 0 Å². The Bertz CT molecular complexity index is 1740. The van der Waals surface area contributed by atoms with Gasteiger partial charge in [0.2, 0.25) is 0 Å². The van der Waals surface area contributed by atoms with E-state index in [9.17, 15) is 19.0 Å². The Hall–Kier alpha value is -3.85. The topological polar surface area (TPSA) is 108 Å². The van der Waals surface area contributed by atoms with Gasteiger partial charge in [-0.3, -0.25) is 18.6 Å². The van der Waals surface area contributed by atoms with Gasteiger partial charge >= 0.3 is 19.8 Å². The van der Waals surface area contributed by atoms with Gasteiger partial charge < -0.3 is 18.9 Å². The molecule has 0 aliphatic rings. The zero-order chi connectivity index (χ0) is 55.6. The second-order valence-corrected chi connectivity index (χ2v) is 22.1. The number of allylic oxidation sites excluding steroid dienone is 22. The van der Waals surface area contributed by atoms with Gasteiger partial charge in [0.25, 0.3) is 0 Å². The summed E-state index contributed by atoms with van der Waals surface area (Å²) in [5, 5.41) is 0. The SMILES string of the molecule is CC/C=C\C/C=C\C/C=C\C/C=C\C/C=C\C/C=C\C/C=C\C/C=C\CCCCCCCCC(=O)OC(COC(=O)CCCCCCCC/C=C\C/C=C\C/C=C\CCCCCCC)COP(=O)(O)OCC[N+](C)(C)C. The maximum absolute atomic E-state index is 12.8. The van der Waals surface area contributed by atoms with E-state index in [0.29, 0.717) is 23.9 Å². The van der Waals surface area contributed by atoms with Crippen molar-refractivity contribution in [1.29, 1.82) is 0 Å². The van der Waals surface area contributed by atoms with Crippen LogP contribution in [0.1, 0.15) is 219 Å². The van der Waals surface area contributed by atoms with Crippen LogP contribution in [-0.4, -0.2) is 74.9 Å². The molecule has 76 heavy (non-hydrogen) atoms. The molecule has 0 aliphatic heterocycles. The van der Waals surface area contributed by atoms with Crippen LogP contribution >= 0.6 is 7.82 Å². The molecule has 0 rings (SSSR count). The van der Waals surface area contributed by atoms with Crippen LogP contribution in [0, 0.1) is 0 Å². The molecule has 0 aromatic rings. The first-order chi connectivity index (χ1) is 37.0. The highest BCUT2D eigenvalue weighted by Crippen LogP contribution is 2.43. The van der Waals surface area contributed by atoms with E-state index in [1.54, 1.807) is 0 Å². The highest BCUT2D eigenvalue weighted by Gasteiger charge is 2.27. The van der Waals surface area contributed by atoms with Crippen molar-refractivity contribution in [3.8, 4) is 0 Å². The Morgan fingerprint density at radius 1 is 0.421 bits per heavy atom. The van der Waals surface area contributed by atoms with Crippen molar-refractivity contribution in [2.75, 3.05) is 47.5 Å². The van der Waals surface area contributed by atoms with Gasteiger partial charge in [0, 0.05) is 12.8 Å². The summed E-state index contributed by atoms with van der Waals surface area (Å²) in [5.74, 6) is -0.838. The van der Waals surface area contributed by atoms with Crippen molar-refractivity contribution in [2.45, 2.75) is 225 Å². The molecular formula is C66H111NO8P+. The monoisotopic (exact) mass is 1080 g/mol. The van der Waals surface area contributed by atoms with Crippen LogP contribution in [0.2, 0.25) is 0 Å². The third-order valence-corrected chi connectivity index (χ3v) is 13.1. The van der Waals surface area contributed by atoms with E-state index in [4.69, 9.17) is 18.5 Å². The number of unbranched alkanes of at least 4 members (excludes halogenated alkanes) is 17. The third-order valence-electron chi connectivity index (χ3n) is 12.2. The van der Waals surface area contributed by atoms with E-state index in [1.165, 1.54) is 44.9 Å². The molecule has 10 heteroatoms. The lowest BCUT2D eigenvalue weighted by Gasteiger charge is -2.24. The average Bonchev–Trinajstić information content (AvgIpc) is 3.38. The van der Waals surface area contributed by atoms with Gasteiger partial charge in [0.05, 0.1) is 27.7 Å². The van der Waals surface area contributed by atoms with Crippen molar-refractivity contribution in [2.24, 2.45) is 0 Å². The number of hydrogen-bond donors (Lipinski definition) is 1. The molecule has 0 aromatic heterocycles. The smallest absolute Gasteiger partial charge is 0.462 e. The highest BCUT2D eigenvalue weighted by atomic mass is 31.2. The molecule has 2 atom stereocenters. The first-order valence-electron chi connectivity index (χ1n) is 29.9. The van der Waals surface area contributed by atoms with E-state index in [0.717, 1.165) is 135 Å². The molecule has 9 nitrogen and oxygen atoms in total. The molecule has 0 saturated heterocycles. The number of phosphoric acid groups is 1. The molecule has 0 aliphatic carbocycles. The fourth-order valence-electron chi connectivity index (χ4n) is 7.57. The van der Waals surface area contributed by atoms with E-state index < -0.39 is 26.5 Å². The van der Waals surface area contributed by atoms with Crippen molar-refractivity contribution >= 4 is 19.8 Å². The molecule has 0 spiro atoms. The summed E-state index contributed by atoms with van der Waals surface area (Å²) < 4.78 is 34.6. The zero-order valence-electron chi connectivity index (χ0n) is 48.9. The largest absolute Gasteiger partial charge is 0.472 e. The standard InChI is InChI=1S/C66H110NO8P/c1-6-8-10-12-14-16-18-20-22-24-26-28-29-30-31-32-33-34-35-36-37-39-41-43-45-47-49-51-53-55-57-59-66(69)75-64(63-74-76(70,71)73-61-60-67(3,4)5)62-72-65(68)58-56-54-52-50-48-46-44-42-40-38-27-25-23-21-19-17-15-13-11-9-7-2/h8,10,14,16,19-22,25-28,30-31,33-34,36-37,40-43,64H,6-7,9,11-13,15,17-18,23-24,29,32,35,38-39,44-63H2,1-5H3/p+1/b10-8-,16-14-,21-19-,22-20-,27-25-,28-26-,31-30-,34-33-,37-36-,42-40-,43-41-. The van der Waals surface area contributed by atoms with Crippen LogP contribution in [0.15, 0.2) is 134 Å². The Labute approximate surface area is 466 Å². The molecule has 0 radical (unpaired) electrons. The lowest BCUT2D eigenvalue weighted by atomic mass is 10.1. The molecule has 0 fully saturated rings. The Morgan fingerprint density at radius 3 is 1.12 bits per heavy atom. The summed E-state index contributed by atoms with van der Waals surface area (Å²) in [4.78, 5) is 35.7. The number of quaternary nitrogens is 1. The predicted molar refractivity (Wildman–Crippen MR) is 325 cm³/mol. The Balaban J connectivity index is 4.27. The van der Waals surface area contributed by atoms with Gasteiger partial charge in [-0.05, 0) is 116 Å². The number of phosphoric ester groups is 1. The fourth-order valence-corrected chi connectivity index (χ4v) is 8.31. The molecule has 0 saturated carbocycles. The lowest BCUT2D eigenvalue weighted by molar-refractivity contribution is -0.870. The minimum Gasteiger partial charge on any atom is -0.462 e. The van der Waals surface area contributed by atoms with Gasteiger partial charge in [0.15, 0.2) is 6.10 Å². The summed E-state index contributed by atoms with van der Waals surface area (Å²) in [6.07, 6.45) is 80.8. The van der Waals surface area contributed by atoms with Crippen molar-refractivity contribution in [3.63, 3.8) is 0 Å². The zero-order valence-corrected chi connectivity index (χ0v) is 49.8. The molecule has 0 heterocycles. The summed E-state index contributed by atoms with van der Waals surface area (Å²) in [7, 11) is 1.44. The molecule has 0 amide bonds. The first kappa shape index (κ1) is 72.2. The normalized spacial score (nSPS) is 14.2. The van der Waals surface area contributed by atoms with Crippen LogP contribution in [0.3, 0.4) is 0 Å². The quantitative estimate of drug-likeness (QED) is 0.0211. The van der Waals surface area contributed by atoms with E-state index in [-0.39, 0.29) is 32.0 Å². The molecule has 2 unspecified atom stereocenters. The first-order valence-corrected chi connectivity index (χ1v) is 31.4. The second kappa shape index (κ2) is 55.9. The number of carbonyl (C=O) groups excluding carboxylic acids is 2. The summed E-state index contributed by atoms with van der Waals surface area (Å²) in [6.45, 7) is 4.26. The fraction of sp³-hybridized carbons (Fsp3) is 0.636. The lowest BCUT2D eigenvalue weighted by Crippen LogP contribution is -2.37. The molecular weight excluding hydrogens is 966 g/mol. The average molecular weight is 1080 g/mol. The van der Waals surface area contributed by atoms with Crippen LogP contribution < -0.4 is 0 Å². The van der Waals surface area contributed by atoms with E-state index in [1.807, 2.05) is 21.1 Å².